The van der Waals surface area contributed by atoms with Gasteiger partial charge in [-0.05, 0) is 55.8 Å². The number of amides is 2. The van der Waals surface area contributed by atoms with E-state index in [9.17, 15) is 9.59 Å². The maximum absolute atomic E-state index is 12.0. The Balaban J connectivity index is 1.72. The van der Waals surface area contributed by atoms with E-state index in [-0.39, 0.29) is 17.8 Å². The van der Waals surface area contributed by atoms with Gasteiger partial charge in [0.1, 0.15) is 5.75 Å². The van der Waals surface area contributed by atoms with Gasteiger partial charge in [0.2, 0.25) is 0 Å². The van der Waals surface area contributed by atoms with Gasteiger partial charge in [0, 0.05) is 9.92 Å². The van der Waals surface area contributed by atoms with Gasteiger partial charge in [-0.15, -0.1) is 11.8 Å². The molecule has 7 heteroatoms. The third-order valence-corrected chi connectivity index (χ3v) is 4.54. The van der Waals surface area contributed by atoms with E-state index in [1.165, 1.54) is 11.8 Å². The summed E-state index contributed by atoms with van der Waals surface area (Å²) in [6.45, 7) is 3.51. The lowest BCUT2D eigenvalue weighted by atomic mass is 10.2. The number of carbonyl (C=O) groups excluding carboxylic acids is 2. The number of hydrogen-bond acceptors (Lipinski definition) is 4. The van der Waals surface area contributed by atoms with Gasteiger partial charge in [-0.1, -0.05) is 23.7 Å². The molecule has 0 bridgehead atoms. The lowest BCUT2D eigenvalue weighted by molar-refractivity contribution is -0.129. The van der Waals surface area contributed by atoms with Crippen LogP contribution in [0.2, 0.25) is 5.02 Å². The Labute approximate surface area is 156 Å². The highest BCUT2D eigenvalue weighted by Gasteiger charge is 2.15. The Morgan fingerprint density at radius 3 is 2.56 bits per heavy atom. The first-order valence-electron chi connectivity index (χ1n) is 7.64. The summed E-state index contributed by atoms with van der Waals surface area (Å²) in [6.07, 6.45) is 0. The zero-order valence-corrected chi connectivity index (χ0v) is 15.5. The summed E-state index contributed by atoms with van der Waals surface area (Å²) in [5.74, 6) is -0.129. The topological polar surface area (TPSA) is 67.4 Å². The van der Waals surface area contributed by atoms with E-state index in [1.54, 1.807) is 25.1 Å². The average molecular weight is 379 g/mol. The Morgan fingerprint density at radius 2 is 1.88 bits per heavy atom. The second kappa shape index (κ2) is 9.34. The molecule has 0 unspecified atom stereocenters. The van der Waals surface area contributed by atoms with Crippen molar-refractivity contribution in [1.82, 2.24) is 10.9 Å². The van der Waals surface area contributed by atoms with Crippen molar-refractivity contribution < 1.29 is 14.3 Å². The van der Waals surface area contributed by atoms with E-state index in [0.29, 0.717) is 10.8 Å². The van der Waals surface area contributed by atoms with E-state index in [2.05, 4.69) is 10.9 Å². The summed E-state index contributed by atoms with van der Waals surface area (Å²) in [7, 11) is 0. The number of thioether (sulfide) groups is 1. The number of benzene rings is 2. The highest BCUT2D eigenvalue weighted by atomic mass is 35.5. The maximum atomic E-state index is 12.0. The largest absolute Gasteiger partial charge is 0.484 e. The average Bonchev–Trinajstić information content (AvgIpc) is 2.60. The SMILES string of the molecule is Cc1cccc(OCC(=O)NNC(=O)[C@H](C)Sc2ccc(Cl)cc2)c1. The second-order valence-electron chi connectivity index (χ2n) is 5.36. The van der Waals surface area contributed by atoms with Gasteiger partial charge in [-0.3, -0.25) is 20.4 Å². The van der Waals surface area contributed by atoms with Crippen LogP contribution < -0.4 is 15.6 Å². The van der Waals surface area contributed by atoms with Gasteiger partial charge in [-0.25, -0.2) is 0 Å². The van der Waals surface area contributed by atoms with Crippen LogP contribution in [0.4, 0.5) is 0 Å². The molecule has 2 aromatic carbocycles. The minimum atomic E-state index is -0.432. The fraction of sp³-hybridized carbons (Fsp3) is 0.222. The monoisotopic (exact) mass is 378 g/mol. The molecule has 0 heterocycles. The standard InChI is InChI=1S/C18H19ClN2O3S/c1-12-4-3-5-15(10-12)24-11-17(22)20-21-18(23)13(2)25-16-8-6-14(19)7-9-16/h3-10,13H,11H2,1-2H3,(H,20,22)(H,21,23)/t13-/m0/s1. The smallest absolute Gasteiger partial charge is 0.276 e. The molecule has 25 heavy (non-hydrogen) atoms. The molecule has 2 N–H and O–H groups in total. The van der Waals surface area contributed by atoms with Crippen molar-refractivity contribution >= 4 is 35.2 Å². The Hall–Kier alpha value is -2.18. The number of aryl methyl sites for hydroxylation is 1. The fourth-order valence-corrected chi connectivity index (χ4v) is 2.89. The molecule has 2 amide bonds. The van der Waals surface area contributed by atoms with Gasteiger partial charge in [-0.2, -0.15) is 0 Å². The van der Waals surface area contributed by atoms with E-state index < -0.39 is 5.91 Å². The molecule has 0 aliphatic rings. The number of hydrogen-bond donors (Lipinski definition) is 2. The van der Waals surface area contributed by atoms with Crippen LogP contribution in [0.25, 0.3) is 0 Å². The predicted molar refractivity (Wildman–Crippen MR) is 99.7 cm³/mol. The van der Waals surface area contributed by atoms with Gasteiger partial charge in [0.15, 0.2) is 6.61 Å². The van der Waals surface area contributed by atoms with Crippen molar-refractivity contribution in [2.75, 3.05) is 6.61 Å². The molecule has 0 spiro atoms. The lowest BCUT2D eigenvalue weighted by Crippen LogP contribution is -2.46. The van der Waals surface area contributed by atoms with E-state index >= 15 is 0 Å². The molecule has 0 aliphatic heterocycles. The number of nitrogens with one attached hydrogen (secondary N) is 2. The number of carbonyl (C=O) groups is 2. The first-order valence-corrected chi connectivity index (χ1v) is 8.90. The quantitative estimate of drug-likeness (QED) is 0.597. The van der Waals surface area contributed by atoms with Crippen LogP contribution in [-0.4, -0.2) is 23.7 Å². The molecule has 0 saturated heterocycles. The summed E-state index contributed by atoms with van der Waals surface area (Å²) in [4.78, 5) is 24.7. The zero-order valence-electron chi connectivity index (χ0n) is 13.9. The van der Waals surface area contributed by atoms with Crippen LogP contribution in [0, 0.1) is 6.92 Å². The van der Waals surface area contributed by atoms with Crippen molar-refractivity contribution in [2.45, 2.75) is 24.0 Å². The van der Waals surface area contributed by atoms with Crippen molar-refractivity contribution in [3.8, 4) is 5.75 Å². The highest BCUT2D eigenvalue weighted by Crippen LogP contribution is 2.24. The molecule has 5 nitrogen and oxygen atoms in total. The lowest BCUT2D eigenvalue weighted by Gasteiger charge is -2.13. The molecule has 2 aromatic rings. The molecular formula is C18H19ClN2O3S. The van der Waals surface area contributed by atoms with Crippen LogP contribution in [0.5, 0.6) is 5.75 Å². The number of rotatable bonds is 6. The molecule has 0 aromatic heterocycles. The molecule has 0 radical (unpaired) electrons. The van der Waals surface area contributed by atoms with Gasteiger partial charge in [0.25, 0.3) is 11.8 Å². The minimum Gasteiger partial charge on any atom is -0.484 e. The van der Waals surface area contributed by atoms with Crippen molar-refractivity contribution in [1.29, 1.82) is 0 Å². The van der Waals surface area contributed by atoms with E-state index in [1.807, 2.05) is 37.3 Å². The second-order valence-corrected chi connectivity index (χ2v) is 7.21. The third-order valence-electron chi connectivity index (χ3n) is 3.18. The Kier molecular flexibility index (Phi) is 7.16. The molecule has 0 fully saturated rings. The first-order chi connectivity index (χ1) is 11.9. The summed E-state index contributed by atoms with van der Waals surface area (Å²) >= 11 is 7.20. The summed E-state index contributed by atoms with van der Waals surface area (Å²) in [5, 5.41) is 0.265. The molecule has 0 aliphatic carbocycles. The van der Waals surface area contributed by atoms with Gasteiger partial charge >= 0.3 is 0 Å². The number of halogens is 1. The molecular weight excluding hydrogens is 360 g/mol. The molecule has 2 rings (SSSR count). The van der Waals surface area contributed by atoms with Crippen molar-refractivity contribution in [3.63, 3.8) is 0 Å². The van der Waals surface area contributed by atoms with E-state index in [0.717, 1.165) is 10.5 Å². The van der Waals surface area contributed by atoms with Crippen LogP contribution in [-0.2, 0) is 9.59 Å². The normalized spacial score (nSPS) is 11.5. The Bertz CT molecular complexity index is 737. The summed E-state index contributed by atoms with van der Waals surface area (Å²) in [6, 6.07) is 14.6. The number of hydrazine groups is 1. The first kappa shape index (κ1) is 19.1. The summed E-state index contributed by atoms with van der Waals surface area (Å²) in [5.41, 5.74) is 5.78. The summed E-state index contributed by atoms with van der Waals surface area (Å²) < 4.78 is 5.37. The maximum Gasteiger partial charge on any atom is 0.276 e. The van der Waals surface area contributed by atoms with Crippen molar-refractivity contribution in [3.05, 3.63) is 59.1 Å². The molecule has 132 valence electrons. The minimum absolute atomic E-state index is 0.178. The van der Waals surface area contributed by atoms with Gasteiger partial charge in [0.05, 0.1) is 5.25 Å². The Morgan fingerprint density at radius 1 is 1.16 bits per heavy atom. The van der Waals surface area contributed by atoms with Crippen LogP contribution in [0.1, 0.15) is 12.5 Å². The van der Waals surface area contributed by atoms with Crippen LogP contribution >= 0.6 is 23.4 Å². The zero-order chi connectivity index (χ0) is 18.2. The molecule has 1 atom stereocenters. The van der Waals surface area contributed by atoms with Crippen LogP contribution in [0.15, 0.2) is 53.4 Å². The van der Waals surface area contributed by atoms with E-state index in [4.69, 9.17) is 16.3 Å². The van der Waals surface area contributed by atoms with Crippen LogP contribution in [0.3, 0.4) is 0 Å². The highest BCUT2D eigenvalue weighted by molar-refractivity contribution is 8.00. The van der Waals surface area contributed by atoms with Gasteiger partial charge < -0.3 is 4.74 Å². The predicted octanol–water partition coefficient (Wildman–Crippen LogP) is 3.36. The fourth-order valence-electron chi connectivity index (χ4n) is 1.89. The third kappa shape index (κ3) is 6.68. The van der Waals surface area contributed by atoms with Crippen molar-refractivity contribution in [2.24, 2.45) is 0 Å². The number of ether oxygens (including phenoxy) is 1. The molecule has 0 saturated carbocycles.